The number of aliphatic hydroxyl groups excluding tert-OH is 1. The number of benzene rings is 1. The van der Waals surface area contributed by atoms with Crippen molar-refractivity contribution < 1.29 is 5.11 Å². The summed E-state index contributed by atoms with van der Waals surface area (Å²) >= 11 is 11.9. The molecule has 0 aromatic heterocycles. The first-order valence-electron chi connectivity index (χ1n) is 4.46. The summed E-state index contributed by atoms with van der Waals surface area (Å²) in [7, 11) is 1.82. The van der Waals surface area contributed by atoms with Crippen LogP contribution in [0, 0.1) is 0 Å². The molecule has 1 aliphatic rings. The molecule has 0 saturated heterocycles. The SMILES string of the molecule is CN[C@H]1c2cc(Cl)cc(Cl)c2C[C@@H]1O. The zero-order valence-electron chi connectivity index (χ0n) is 7.72. The molecular weight excluding hydrogens is 221 g/mol. The molecule has 2 rings (SSSR count). The lowest BCUT2D eigenvalue weighted by molar-refractivity contribution is 0.145. The zero-order valence-corrected chi connectivity index (χ0v) is 9.23. The van der Waals surface area contributed by atoms with Gasteiger partial charge in [0, 0.05) is 16.5 Å². The molecule has 0 fully saturated rings. The Morgan fingerprint density at radius 2 is 2.14 bits per heavy atom. The minimum atomic E-state index is -0.411. The van der Waals surface area contributed by atoms with E-state index in [2.05, 4.69) is 5.32 Å². The summed E-state index contributed by atoms with van der Waals surface area (Å²) in [5.41, 5.74) is 2.01. The van der Waals surface area contributed by atoms with Gasteiger partial charge in [-0.25, -0.2) is 0 Å². The highest BCUT2D eigenvalue weighted by Crippen LogP contribution is 2.37. The van der Waals surface area contributed by atoms with Gasteiger partial charge in [0.1, 0.15) is 0 Å². The van der Waals surface area contributed by atoms with Crippen molar-refractivity contribution in [3.05, 3.63) is 33.3 Å². The summed E-state index contributed by atoms with van der Waals surface area (Å²) in [6, 6.07) is 3.52. The molecular formula is C10H11Cl2NO. The molecule has 2 atom stereocenters. The highest BCUT2D eigenvalue weighted by atomic mass is 35.5. The summed E-state index contributed by atoms with van der Waals surface area (Å²) < 4.78 is 0. The predicted octanol–water partition coefficient (Wildman–Crippen LogP) is 2.17. The summed E-state index contributed by atoms with van der Waals surface area (Å²) in [6.07, 6.45) is 0.183. The molecule has 4 heteroatoms. The van der Waals surface area contributed by atoms with E-state index in [9.17, 15) is 5.11 Å². The van der Waals surface area contributed by atoms with Crippen LogP contribution in [0.15, 0.2) is 12.1 Å². The number of hydrogen-bond acceptors (Lipinski definition) is 2. The molecule has 76 valence electrons. The number of halogens is 2. The zero-order chi connectivity index (χ0) is 10.3. The molecule has 1 aliphatic carbocycles. The van der Waals surface area contributed by atoms with E-state index in [0.29, 0.717) is 16.5 Å². The maximum absolute atomic E-state index is 9.76. The lowest BCUT2D eigenvalue weighted by Crippen LogP contribution is -2.25. The molecule has 0 unspecified atom stereocenters. The summed E-state index contributed by atoms with van der Waals surface area (Å²) in [5, 5.41) is 14.1. The van der Waals surface area contributed by atoms with E-state index >= 15 is 0 Å². The Balaban J connectivity index is 2.53. The average molecular weight is 232 g/mol. The van der Waals surface area contributed by atoms with Crippen molar-refractivity contribution in [3.63, 3.8) is 0 Å². The first-order valence-corrected chi connectivity index (χ1v) is 5.22. The van der Waals surface area contributed by atoms with E-state index in [4.69, 9.17) is 23.2 Å². The van der Waals surface area contributed by atoms with Crippen LogP contribution in [-0.2, 0) is 6.42 Å². The lowest BCUT2D eigenvalue weighted by atomic mass is 10.1. The Hall–Kier alpha value is -0.280. The summed E-state index contributed by atoms with van der Waals surface area (Å²) in [6.45, 7) is 0. The van der Waals surface area contributed by atoms with Crippen molar-refractivity contribution in [2.45, 2.75) is 18.6 Å². The van der Waals surface area contributed by atoms with Crippen molar-refractivity contribution in [2.24, 2.45) is 0 Å². The Kier molecular flexibility index (Phi) is 2.71. The van der Waals surface area contributed by atoms with Crippen molar-refractivity contribution in [1.82, 2.24) is 5.32 Å². The number of nitrogens with one attached hydrogen (secondary N) is 1. The van der Waals surface area contributed by atoms with Gasteiger partial charge in [-0.1, -0.05) is 23.2 Å². The highest BCUT2D eigenvalue weighted by molar-refractivity contribution is 6.35. The molecule has 2 nitrogen and oxygen atoms in total. The van der Waals surface area contributed by atoms with Gasteiger partial charge in [-0.05, 0) is 30.3 Å². The number of likely N-dealkylation sites (N-methyl/N-ethyl adjacent to an activating group) is 1. The van der Waals surface area contributed by atoms with Gasteiger partial charge in [0.25, 0.3) is 0 Å². The van der Waals surface area contributed by atoms with Crippen LogP contribution in [0.4, 0.5) is 0 Å². The van der Waals surface area contributed by atoms with Gasteiger partial charge in [-0.2, -0.15) is 0 Å². The fourth-order valence-corrected chi connectivity index (χ4v) is 2.58. The average Bonchev–Trinajstić information content (AvgIpc) is 2.41. The van der Waals surface area contributed by atoms with Crippen LogP contribution in [0.1, 0.15) is 17.2 Å². The second-order valence-electron chi connectivity index (χ2n) is 3.49. The minimum absolute atomic E-state index is 0.0544. The molecule has 2 N–H and O–H groups in total. The number of fused-ring (bicyclic) bond motifs is 1. The number of rotatable bonds is 1. The molecule has 0 radical (unpaired) electrons. The van der Waals surface area contributed by atoms with Crippen LogP contribution >= 0.6 is 23.2 Å². The van der Waals surface area contributed by atoms with Crippen LogP contribution in [-0.4, -0.2) is 18.3 Å². The summed E-state index contributed by atoms with van der Waals surface area (Å²) in [4.78, 5) is 0. The van der Waals surface area contributed by atoms with Gasteiger partial charge < -0.3 is 10.4 Å². The number of hydrogen-bond donors (Lipinski definition) is 2. The third-order valence-electron chi connectivity index (χ3n) is 2.64. The fourth-order valence-electron chi connectivity index (χ4n) is 2.00. The smallest absolute Gasteiger partial charge is 0.0775 e. The van der Waals surface area contributed by atoms with Crippen molar-refractivity contribution >= 4 is 23.2 Å². The molecule has 0 aliphatic heterocycles. The van der Waals surface area contributed by atoms with Crippen LogP contribution < -0.4 is 5.32 Å². The third-order valence-corrected chi connectivity index (χ3v) is 3.19. The van der Waals surface area contributed by atoms with Gasteiger partial charge >= 0.3 is 0 Å². The first-order chi connectivity index (χ1) is 6.63. The van der Waals surface area contributed by atoms with Crippen LogP contribution in [0.3, 0.4) is 0 Å². The first kappa shape index (κ1) is 10.2. The molecule has 14 heavy (non-hydrogen) atoms. The normalized spacial score (nSPS) is 25.1. The van der Waals surface area contributed by atoms with Crippen molar-refractivity contribution in [3.8, 4) is 0 Å². The maximum atomic E-state index is 9.76. The molecule has 0 saturated carbocycles. The molecule has 1 aromatic carbocycles. The van der Waals surface area contributed by atoms with Crippen molar-refractivity contribution in [2.75, 3.05) is 7.05 Å². The maximum Gasteiger partial charge on any atom is 0.0775 e. The predicted molar refractivity (Wildman–Crippen MR) is 58.0 cm³/mol. The molecule has 0 amide bonds. The molecule has 0 heterocycles. The largest absolute Gasteiger partial charge is 0.391 e. The Morgan fingerprint density at radius 3 is 2.79 bits per heavy atom. The van der Waals surface area contributed by atoms with E-state index in [1.54, 1.807) is 6.07 Å². The standard InChI is InChI=1S/C10H11Cl2NO/c1-13-10-7-2-5(11)3-8(12)6(7)4-9(10)14/h2-3,9-10,13-14H,4H2,1H3/t9-,10-/m0/s1. The van der Waals surface area contributed by atoms with E-state index in [-0.39, 0.29) is 6.04 Å². The molecule has 0 spiro atoms. The third kappa shape index (κ3) is 1.52. The van der Waals surface area contributed by atoms with E-state index in [0.717, 1.165) is 11.1 Å². The van der Waals surface area contributed by atoms with E-state index in [1.165, 1.54) is 0 Å². The Morgan fingerprint density at radius 1 is 1.43 bits per heavy atom. The van der Waals surface area contributed by atoms with Crippen LogP contribution in [0.5, 0.6) is 0 Å². The van der Waals surface area contributed by atoms with Gasteiger partial charge in [0.15, 0.2) is 0 Å². The number of aliphatic hydroxyl groups is 1. The van der Waals surface area contributed by atoms with Gasteiger partial charge in [0.05, 0.1) is 12.1 Å². The van der Waals surface area contributed by atoms with E-state index < -0.39 is 6.10 Å². The fraction of sp³-hybridized carbons (Fsp3) is 0.400. The highest BCUT2D eigenvalue weighted by Gasteiger charge is 2.31. The monoisotopic (exact) mass is 231 g/mol. The van der Waals surface area contributed by atoms with Crippen LogP contribution in [0.2, 0.25) is 10.0 Å². The lowest BCUT2D eigenvalue weighted by Gasteiger charge is -2.14. The quantitative estimate of drug-likeness (QED) is 0.777. The van der Waals surface area contributed by atoms with Gasteiger partial charge in [-0.3, -0.25) is 0 Å². The van der Waals surface area contributed by atoms with Crippen molar-refractivity contribution in [1.29, 1.82) is 0 Å². The Bertz CT molecular complexity index is 367. The minimum Gasteiger partial charge on any atom is -0.391 e. The van der Waals surface area contributed by atoms with Crippen LogP contribution in [0.25, 0.3) is 0 Å². The summed E-state index contributed by atoms with van der Waals surface area (Å²) in [5.74, 6) is 0. The molecule has 0 bridgehead atoms. The van der Waals surface area contributed by atoms with Gasteiger partial charge in [0.2, 0.25) is 0 Å². The van der Waals surface area contributed by atoms with E-state index in [1.807, 2.05) is 13.1 Å². The second kappa shape index (κ2) is 3.70. The van der Waals surface area contributed by atoms with Gasteiger partial charge in [-0.15, -0.1) is 0 Å². The Labute approximate surface area is 92.8 Å². The topological polar surface area (TPSA) is 32.3 Å². The molecule has 1 aromatic rings. The second-order valence-corrected chi connectivity index (χ2v) is 4.34.